The van der Waals surface area contributed by atoms with E-state index in [9.17, 15) is 9.59 Å². The molecule has 2 aliphatic rings. The summed E-state index contributed by atoms with van der Waals surface area (Å²) < 4.78 is 0. The van der Waals surface area contributed by atoms with Crippen molar-refractivity contribution in [2.45, 2.75) is 25.3 Å². The molecule has 0 radical (unpaired) electrons. The van der Waals surface area contributed by atoms with Crippen molar-refractivity contribution in [1.29, 1.82) is 0 Å². The first-order valence-corrected chi connectivity index (χ1v) is 5.74. The summed E-state index contributed by atoms with van der Waals surface area (Å²) in [7, 11) is 1.73. The number of carbonyl (C=O) groups is 2. The topological polar surface area (TPSA) is 75.4 Å². The van der Waals surface area contributed by atoms with E-state index in [1.807, 2.05) is 0 Å². The maximum atomic E-state index is 11.9. The van der Waals surface area contributed by atoms with Crippen molar-refractivity contribution in [3.8, 4) is 0 Å². The number of nitrogens with zero attached hydrogens (tertiary/aromatic N) is 1. The highest BCUT2D eigenvalue weighted by Crippen LogP contribution is 2.46. The van der Waals surface area contributed by atoms with Crippen molar-refractivity contribution in [1.82, 2.24) is 10.2 Å². The second kappa shape index (κ2) is 3.69. The lowest BCUT2D eigenvalue weighted by atomic mass is 10.1. The number of rotatable bonds is 3. The van der Waals surface area contributed by atoms with Gasteiger partial charge in [-0.3, -0.25) is 9.59 Å². The van der Waals surface area contributed by atoms with Crippen LogP contribution in [0.5, 0.6) is 0 Å². The highest BCUT2D eigenvalue weighted by Gasteiger charge is 2.53. The van der Waals surface area contributed by atoms with Crippen molar-refractivity contribution < 1.29 is 9.59 Å². The summed E-state index contributed by atoms with van der Waals surface area (Å²) in [4.78, 5) is 25.4. The van der Waals surface area contributed by atoms with Crippen molar-refractivity contribution >= 4 is 29.0 Å². The maximum absolute atomic E-state index is 11.9. The molecular weight excluding hydrogens is 226 g/mol. The number of nitrogens with two attached hydrogens (primary N) is 1. The Labute approximate surface area is 99.3 Å². The molecule has 16 heavy (non-hydrogen) atoms. The average Bonchev–Trinajstić information content (AvgIpc) is 2.98. The Kier molecular flexibility index (Phi) is 2.61. The number of amides is 2. The second-order valence-corrected chi connectivity index (χ2v) is 4.96. The Morgan fingerprint density at radius 2 is 2.25 bits per heavy atom. The van der Waals surface area contributed by atoms with Gasteiger partial charge in [-0.05, 0) is 19.3 Å². The van der Waals surface area contributed by atoms with E-state index < -0.39 is 11.5 Å². The van der Waals surface area contributed by atoms with E-state index in [1.165, 1.54) is 0 Å². The summed E-state index contributed by atoms with van der Waals surface area (Å²) in [6.07, 6.45) is 2.06. The molecule has 0 aromatic rings. The van der Waals surface area contributed by atoms with Gasteiger partial charge in [0.1, 0.15) is 6.04 Å². The summed E-state index contributed by atoms with van der Waals surface area (Å²) in [5.41, 5.74) is 4.88. The van der Waals surface area contributed by atoms with E-state index >= 15 is 0 Å². The van der Waals surface area contributed by atoms with Gasteiger partial charge in [0.25, 0.3) is 0 Å². The number of thiocarbonyl (C=S) groups is 1. The van der Waals surface area contributed by atoms with E-state index in [-0.39, 0.29) is 16.8 Å². The molecule has 88 valence electrons. The number of likely N-dealkylation sites (N-methyl/N-ethyl adjacent to an activating group) is 1. The Morgan fingerprint density at radius 3 is 2.62 bits per heavy atom. The molecule has 2 rings (SSSR count). The van der Waals surface area contributed by atoms with Crippen LogP contribution in [0.1, 0.15) is 19.3 Å². The fourth-order valence-corrected chi connectivity index (χ4v) is 2.26. The first kappa shape index (κ1) is 11.3. The largest absolute Gasteiger partial charge is 0.392 e. The molecule has 2 fully saturated rings. The van der Waals surface area contributed by atoms with Crippen LogP contribution < -0.4 is 11.1 Å². The van der Waals surface area contributed by atoms with E-state index in [1.54, 1.807) is 11.9 Å². The van der Waals surface area contributed by atoms with Gasteiger partial charge in [-0.1, -0.05) is 12.2 Å². The van der Waals surface area contributed by atoms with Crippen molar-refractivity contribution in [3.63, 3.8) is 0 Å². The molecule has 5 nitrogen and oxygen atoms in total. The third-order valence-corrected chi connectivity index (χ3v) is 3.78. The van der Waals surface area contributed by atoms with Gasteiger partial charge in [0.15, 0.2) is 0 Å². The summed E-state index contributed by atoms with van der Waals surface area (Å²) >= 11 is 4.89. The normalized spacial score (nSPS) is 26.7. The zero-order chi connectivity index (χ0) is 11.9. The van der Waals surface area contributed by atoms with Crippen molar-refractivity contribution in [3.05, 3.63) is 0 Å². The molecule has 1 aliphatic heterocycles. The Hall–Kier alpha value is -1.17. The maximum Gasteiger partial charge on any atom is 0.244 e. The third-order valence-electron chi connectivity index (χ3n) is 3.39. The van der Waals surface area contributed by atoms with Crippen LogP contribution in [0.4, 0.5) is 0 Å². The summed E-state index contributed by atoms with van der Waals surface area (Å²) in [6, 6.07) is -0.399. The lowest BCUT2D eigenvalue weighted by Gasteiger charge is -2.17. The predicted molar refractivity (Wildman–Crippen MR) is 62.6 cm³/mol. The van der Waals surface area contributed by atoms with Gasteiger partial charge in [0.2, 0.25) is 11.8 Å². The number of likely N-dealkylation sites (tertiary alicyclic amines) is 1. The van der Waals surface area contributed by atoms with Crippen molar-refractivity contribution in [2.24, 2.45) is 11.1 Å². The number of nitrogens with one attached hydrogen (secondary N) is 1. The van der Waals surface area contributed by atoms with Crippen LogP contribution in [0.2, 0.25) is 0 Å². The molecule has 1 atom stereocenters. The van der Waals surface area contributed by atoms with Gasteiger partial charge >= 0.3 is 0 Å². The SMILES string of the molecule is CN1CCC(NC(=O)C2(C(N)=S)CC2)C1=O. The average molecular weight is 241 g/mol. The van der Waals surface area contributed by atoms with Gasteiger partial charge in [0, 0.05) is 13.6 Å². The lowest BCUT2D eigenvalue weighted by Crippen LogP contribution is -2.47. The molecule has 1 saturated carbocycles. The minimum Gasteiger partial charge on any atom is -0.392 e. The Balaban J connectivity index is 1.99. The predicted octanol–water partition coefficient (Wildman–Crippen LogP) is -0.600. The standard InChI is InChI=1S/C10H15N3O2S/c1-13-5-2-6(7(13)14)12-9(15)10(3-4-10)8(11)16/h6H,2-5H2,1H3,(H2,11,16)(H,12,15). The zero-order valence-electron chi connectivity index (χ0n) is 9.16. The fraction of sp³-hybridized carbons (Fsp3) is 0.700. The molecule has 0 aromatic heterocycles. The molecule has 2 amide bonds. The van der Waals surface area contributed by atoms with Crippen LogP contribution in [0.25, 0.3) is 0 Å². The minimum absolute atomic E-state index is 0.0351. The van der Waals surface area contributed by atoms with E-state index in [4.69, 9.17) is 18.0 Å². The first-order chi connectivity index (χ1) is 7.47. The second-order valence-electron chi connectivity index (χ2n) is 4.52. The summed E-state index contributed by atoms with van der Waals surface area (Å²) in [5.74, 6) is -0.222. The van der Waals surface area contributed by atoms with Crippen LogP contribution in [0.3, 0.4) is 0 Å². The van der Waals surface area contributed by atoms with Crippen LogP contribution in [-0.4, -0.2) is 41.3 Å². The molecule has 3 N–H and O–H groups in total. The molecule has 1 aliphatic carbocycles. The number of hydrogen-bond acceptors (Lipinski definition) is 3. The highest BCUT2D eigenvalue weighted by molar-refractivity contribution is 7.80. The highest BCUT2D eigenvalue weighted by atomic mass is 32.1. The number of hydrogen-bond donors (Lipinski definition) is 2. The third kappa shape index (κ3) is 1.67. The Bertz CT molecular complexity index is 365. The van der Waals surface area contributed by atoms with Gasteiger partial charge in [-0.15, -0.1) is 0 Å². The minimum atomic E-state index is -0.670. The molecule has 1 unspecified atom stereocenters. The van der Waals surface area contributed by atoms with Crippen LogP contribution in [0, 0.1) is 5.41 Å². The molecular formula is C10H15N3O2S. The molecule has 1 saturated heterocycles. The molecule has 6 heteroatoms. The lowest BCUT2D eigenvalue weighted by molar-refractivity contribution is -0.132. The Morgan fingerprint density at radius 1 is 1.62 bits per heavy atom. The van der Waals surface area contributed by atoms with E-state index in [2.05, 4.69) is 5.32 Å². The summed E-state index contributed by atoms with van der Waals surface area (Å²) in [5, 5.41) is 2.75. The molecule has 0 bridgehead atoms. The van der Waals surface area contributed by atoms with Crippen molar-refractivity contribution in [2.75, 3.05) is 13.6 Å². The fourth-order valence-electron chi connectivity index (χ4n) is 1.96. The van der Waals surface area contributed by atoms with E-state index in [0.29, 0.717) is 25.8 Å². The van der Waals surface area contributed by atoms with Gasteiger partial charge < -0.3 is 16.0 Å². The molecule has 0 spiro atoms. The zero-order valence-corrected chi connectivity index (χ0v) is 9.97. The number of carbonyl (C=O) groups excluding carboxylic acids is 2. The molecule has 1 heterocycles. The van der Waals surface area contributed by atoms with Crippen LogP contribution >= 0.6 is 12.2 Å². The van der Waals surface area contributed by atoms with Crippen LogP contribution in [0.15, 0.2) is 0 Å². The monoisotopic (exact) mass is 241 g/mol. The summed E-state index contributed by atoms with van der Waals surface area (Å²) in [6.45, 7) is 0.684. The smallest absolute Gasteiger partial charge is 0.244 e. The van der Waals surface area contributed by atoms with Gasteiger partial charge in [-0.2, -0.15) is 0 Å². The quantitative estimate of drug-likeness (QED) is 0.647. The van der Waals surface area contributed by atoms with Gasteiger partial charge in [-0.25, -0.2) is 0 Å². The van der Waals surface area contributed by atoms with Gasteiger partial charge in [0.05, 0.1) is 10.4 Å². The molecule has 0 aromatic carbocycles. The van der Waals surface area contributed by atoms with Crippen LogP contribution in [-0.2, 0) is 9.59 Å². The van der Waals surface area contributed by atoms with E-state index in [0.717, 1.165) is 0 Å². The first-order valence-electron chi connectivity index (χ1n) is 5.33.